The number of likely N-dealkylation sites (tertiary alicyclic amines) is 1. The van der Waals surface area contributed by atoms with E-state index in [1.807, 2.05) is 35.3 Å². The number of hydrogen-bond acceptors (Lipinski definition) is 7. The largest absolute Gasteiger partial charge is 1.00 e. The molecular formula is C25H30ClIN4O6S2. The first-order valence-electron chi connectivity index (χ1n) is 12.4. The van der Waals surface area contributed by atoms with Crippen molar-refractivity contribution in [2.75, 3.05) is 13.2 Å². The molecule has 5 heterocycles. The molecule has 0 aliphatic carbocycles. The molecule has 2 fully saturated rings. The van der Waals surface area contributed by atoms with Crippen molar-refractivity contribution in [3.05, 3.63) is 45.8 Å². The molecule has 10 nitrogen and oxygen atoms in total. The predicted octanol–water partition coefficient (Wildman–Crippen LogP) is -0.322. The molecule has 0 bridgehead atoms. The number of carbonyl (C=O) groups excluding carboxylic acids is 2. The molecule has 2 amide bonds. The summed E-state index contributed by atoms with van der Waals surface area (Å²) in [6.07, 6.45) is 5.38. The summed E-state index contributed by atoms with van der Waals surface area (Å²) in [5, 5.41) is 20.6. The lowest BCUT2D eigenvalue weighted by atomic mass is 9.79. The molecule has 212 valence electrons. The highest BCUT2D eigenvalue weighted by Gasteiger charge is 2.60. The molecule has 0 unspecified atom stereocenters. The number of β-lactam (4-membered cyclic amide) rings is 1. The third-order valence-electron chi connectivity index (χ3n) is 7.52. The van der Waals surface area contributed by atoms with E-state index in [0.717, 1.165) is 9.71 Å². The molecule has 3 aliphatic rings. The first-order chi connectivity index (χ1) is 18.0. The van der Waals surface area contributed by atoms with Crippen LogP contribution in [0.1, 0.15) is 25.1 Å². The van der Waals surface area contributed by atoms with Crippen LogP contribution >= 0.6 is 34.7 Å². The van der Waals surface area contributed by atoms with Gasteiger partial charge in [-0.3, -0.25) is 4.79 Å². The lowest BCUT2D eigenvalue weighted by molar-refractivity contribution is -0.667. The number of carboxylic acid groups (broad SMARTS) is 1. The number of aromatic nitrogens is 2. The average Bonchev–Trinajstić information content (AvgIpc) is 3.56. The Morgan fingerprint density at radius 3 is 2.77 bits per heavy atom. The van der Waals surface area contributed by atoms with Crippen LogP contribution in [0, 0.1) is 11.8 Å². The maximum Gasteiger partial charge on any atom is 0.410 e. The zero-order valence-electron chi connectivity index (χ0n) is 21.6. The number of carboxylic acids is 1. The molecule has 0 radical (unpaired) electrons. The van der Waals surface area contributed by atoms with Crippen molar-refractivity contribution >= 4 is 57.5 Å². The van der Waals surface area contributed by atoms with Crippen molar-refractivity contribution in [1.82, 2.24) is 14.2 Å². The van der Waals surface area contributed by atoms with Gasteiger partial charge in [0.15, 0.2) is 0 Å². The number of aliphatic carboxylic acids is 1. The number of ether oxygens (including phenoxy) is 1. The second kappa shape index (κ2) is 11.6. The van der Waals surface area contributed by atoms with Crippen molar-refractivity contribution in [1.29, 1.82) is 0 Å². The normalized spacial score (nSPS) is 26.9. The number of aliphatic hydroxyl groups excluding tert-OH is 1. The van der Waals surface area contributed by atoms with Crippen LogP contribution in [0.4, 0.5) is 4.79 Å². The molecule has 6 atom stereocenters. The third kappa shape index (κ3) is 5.20. The minimum Gasteiger partial charge on any atom is -1.00 e. The summed E-state index contributed by atoms with van der Waals surface area (Å²) in [4.78, 5) is 43.6. The second-order valence-electron chi connectivity index (χ2n) is 10.0. The van der Waals surface area contributed by atoms with E-state index in [0.29, 0.717) is 29.6 Å². The van der Waals surface area contributed by atoms with Crippen LogP contribution in [0.2, 0.25) is 5.28 Å². The Labute approximate surface area is 256 Å². The van der Waals surface area contributed by atoms with Gasteiger partial charge < -0.3 is 48.7 Å². The van der Waals surface area contributed by atoms with Gasteiger partial charge in [0.25, 0.3) is 0 Å². The Bertz CT molecular complexity index is 1360. The summed E-state index contributed by atoms with van der Waals surface area (Å²) in [5.74, 6) is -2.36. The van der Waals surface area contributed by atoms with E-state index >= 15 is 0 Å². The van der Waals surface area contributed by atoms with E-state index < -0.39 is 24.1 Å². The number of carbonyl (C=O) groups is 3. The van der Waals surface area contributed by atoms with Crippen molar-refractivity contribution in [3.8, 4) is 0 Å². The van der Waals surface area contributed by atoms with Gasteiger partial charge in [-0.05, 0) is 13.3 Å². The van der Waals surface area contributed by atoms with Crippen LogP contribution in [-0.4, -0.2) is 79.0 Å². The van der Waals surface area contributed by atoms with Crippen LogP contribution < -0.4 is 28.5 Å². The van der Waals surface area contributed by atoms with Gasteiger partial charge in [-0.25, -0.2) is 14.2 Å². The van der Waals surface area contributed by atoms with Crippen molar-refractivity contribution in [2.24, 2.45) is 18.9 Å². The fourth-order valence-electron chi connectivity index (χ4n) is 5.81. The third-order valence-corrected chi connectivity index (χ3v) is 10.5. The molecule has 3 aliphatic heterocycles. The standard InChI is InChI=1S/C25H29ClN4O6S2.HI/c1-5-6-36-25(35)28-9-16(8-14(28)7-15-10-29-17(37-15)11-27(4)24(29)26)38-21-12(2)19-18(13(3)31)22(32)30(19)20(21)23(33)34;/h5,10-14,16,18-19,31H,1,6-9H2,2-4H3;1H/t12-,13-,14-,16+,18-,19-;/m1./s1. The highest BCUT2D eigenvalue weighted by atomic mass is 127. The van der Waals surface area contributed by atoms with Gasteiger partial charge in [0, 0.05) is 46.7 Å². The van der Waals surface area contributed by atoms with Gasteiger partial charge in [0.05, 0.1) is 30.0 Å². The number of aliphatic hydroxyl groups is 1. The number of fused-ring (bicyclic) bond motifs is 2. The molecule has 14 heteroatoms. The van der Waals surface area contributed by atoms with Crippen LogP contribution in [-0.2, 0) is 27.8 Å². The summed E-state index contributed by atoms with van der Waals surface area (Å²) in [7, 11) is 1.88. The number of imidazole rings is 1. The number of rotatable bonds is 8. The monoisotopic (exact) mass is 708 g/mol. The lowest BCUT2D eigenvalue weighted by Crippen LogP contribution is -3.00. The molecule has 0 saturated carbocycles. The number of hydrogen-bond donors (Lipinski definition) is 2. The van der Waals surface area contributed by atoms with Crippen LogP contribution in [0.3, 0.4) is 0 Å². The summed E-state index contributed by atoms with van der Waals surface area (Å²) in [6, 6.07) is -0.530. The van der Waals surface area contributed by atoms with Crippen molar-refractivity contribution < 1.29 is 57.9 Å². The summed E-state index contributed by atoms with van der Waals surface area (Å²) in [6.45, 7) is 7.56. The van der Waals surface area contributed by atoms with E-state index in [1.165, 1.54) is 22.7 Å². The molecule has 2 N–H and O–H groups in total. The first kappa shape index (κ1) is 30.2. The Balaban J connectivity index is 0.00000353. The lowest BCUT2D eigenvalue weighted by Gasteiger charge is -2.46. The zero-order chi connectivity index (χ0) is 27.5. The number of thioether (sulfide) groups is 1. The Morgan fingerprint density at radius 1 is 1.44 bits per heavy atom. The van der Waals surface area contributed by atoms with E-state index in [-0.39, 0.29) is 65.4 Å². The van der Waals surface area contributed by atoms with Gasteiger partial charge in [0.1, 0.15) is 24.7 Å². The Hall–Kier alpha value is -1.81. The first-order valence-corrected chi connectivity index (χ1v) is 14.4. The minimum absolute atomic E-state index is 0. The van der Waals surface area contributed by atoms with E-state index in [1.54, 1.807) is 23.2 Å². The maximum absolute atomic E-state index is 13.0. The highest BCUT2D eigenvalue weighted by Crippen LogP contribution is 2.52. The smallest absolute Gasteiger partial charge is 0.410 e. The summed E-state index contributed by atoms with van der Waals surface area (Å²) >= 11 is 9.41. The van der Waals surface area contributed by atoms with Crippen LogP contribution in [0.25, 0.3) is 4.83 Å². The predicted molar refractivity (Wildman–Crippen MR) is 143 cm³/mol. The van der Waals surface area contributed by atoms with Gasteiger partial charge in [-0.15, -0.1) is 11.8 Å². The van der Waals surface area contributed by atoms with Gasteiger partial charge in [-0.2, -0.15) is 4.40 Å². The summed E-state index contributed by atoms with van der Waals surface area (Å²) < 4.78 is 9.11. The SMILES string of the molecule is C=CCOC(=O)N1C[C@@H](SC2=C(C(=O)O)N3C(=O)[C@H]([C@@H](C)O)[C@H]3[C@H]2C)C[C@H]1Cc1cn2c(Cl)[n+](C)cc2s1.[I-]. The van der Waals surface area contributed by atoms with Crippen molar-refractivity contribution in [3.63, 3.8) is 0 Å². The van der Waals surface area contributed by atoms with Crippen LogP contribution in [0.5, 0.6) is 0 Å². The van der Waals surface area contributed by atoms with E-state index in [4.69, 9.17) is 16.3 Å². The van der Waals surface area contributed by atoms with Gasteiger partial charge >= 0.3 is 17.3 Å². The fourth-order valence-corrected chi connectivity index (χ4v) is 8.77. The van der Waals surface area contributed by atoms with Gasteiger partial charge in [0.2, 0.25) is 10.7 Å². The molecule has 5 rings (SSSR count). The minimum atomic E-state index is -1.16. The Kier molecular flexibility index (Phi) is 8.96. The number of halogens is 2. The molecule has 39 heavy (non-hydrogen) atoms. The molecule has 2 saturated heterocycles. The zero-order valence-corrected chi connectivity index (χ0v) is 26.2. The Morgan fingerprint density at radius 2 is 2.15 bits per heavy atom. The second-order valence-corrected chi connectivity index (χ2v) is 12.9. The highest BCUT2D eigenvalue weighted by molar-refractivity contribution is 8.03. The average molecular weight is 709 g/mol. The number of thiazole rings is 1. The quantitative estimate of drug-likeness (QED) is 0.167. The molecule has 0 aromatic carbocycles. The topological polar surface area (TPSA) is 116 Å². The molecule has 2 aromatic rings. The van der Waals surface area contributed by atoms with E-state index in [2.05, 4.69) is 6.58 Å². The van der Waals surface area contributed by atoms with Gasteiger partial charge in [-0.1, -0.05) is 30.9 Å². The number of aryl methyl sites for hydroxylation is 1. The molecule has 0 spiro atoms. The summed E-state index contributed by atoms with van der Waals surface area (Å²) in [5.41, 5.74) is -0.00504. The van der Waals surface area contributed by atoms with Crippen molar-refractivity contribution in [2.45, 2.75) is 50.1 Å². The number of amides is 2. The molecule has 2 aromatic heterocycles. The number of nitrogens with zero attached hydrogens (tertiary/aromatic N) is 4. The maximum atomic E-state index is 13.0. The van der Waals surface area contributed by atoms with Crippen LogP contribution in [0.15, 0.2) is 35.7 Å². The molecular weight excluding hydrogens is 679 g/mol. The fraction of sp³-hybridized carbons (Fsp3) is 0.520. The van der Waals surface area contributed by atoms with E-state index in [9.17, 15) is 24.6 Å².